The summed E-state index contributed by atoms with van der Waals surface area (Å²) in [5, 5.41) is 46.4. The van der Waals surface area contributed by atoms with Crippen LogP contribution in [0.3, 0.4) is 0 Å². The average molecular weight is 942 g/mol. The number of anilines is 4. The van der Waals surface area contributed by atoms with Gasteiger partial charge in [-0.1, -0.05) is 0 Å². The smallest absolute Gasteiger partial charge is 0.326 e. The molecule has 27 heteroatoms. The third kappa shape index (κ3) is 14.2. The summed E-state index contributed by atoms with van der Waals surface area (Å²) in [5.41, 5.74) is 12.9. The monoisotopic (exact) mass is 940 g/mol. The average Bonchev–Trinajstić information content (AvgIpc) is 3.25. The van der Waals surface area contributed by atoms with Gasteiger partial charge in [-0.3, -0.25) is 38.7 Å². The number of hydrogen-bond donors (Lipinski definition) is 12. The number of H-pyrrole nitrogens is 2. The zero-order valence-electron chi connectivity index (χ0n) is 33.4. The second-order valence-electron chi connectivity index (χ2n) is 13.4. The number of aliphatic carboxylic acids is 4. The van der Waals surface area contributed by atoms with Crippen molar-refractivity contribution in [1.82, 2.24) is 50.5 Å². The number of carbonyl (C=O) groups is 6. The first-order valence-electron chi connectivity index (χ1n) is 18.7. The molecule has 0 spiro atoms. The number of carbonyl (C=O) groups excluding carboxylic acids is 2. The second-order valence-corrected chi connectivity index (χ2v) is 13.4. The molecular weight excluding hydrogens is 903 g/mol. The molecule has 0 radical (unpaired) electrons. The Balaban J connectivity index is 0.000000280. The number of nitrogens with two attached hydrogens (primary N) is 2. The van der Waals surface area contributed by atoms with Crippen molar-refractivity contribution >= 4 is 81.3 Å². The Morgan fingerprint density at radius 2 is 0.923 bits per heavy atom. The summed E-state index contributed by atoms with van der Waals surface area (Å²) in [6, 6.07) is 9.73. The van der Waals surface area contributed by atoms with Crippen LogP contribution in [0.15, 0.2) is 70.5 Å². The van der Waals surface area contributed by atoms with E-state index in [1.54, 1.807) is 24.3 Å². The third-order valence-electron chi connectivity index (χ3n) is 8.71. The topological polar surface area (TPSA) is 427 Å². The molecule has 0 bridgehead atoms. The van der Waals surface area contributed by atoms with Crippen molar-refractivity contribution in [2.45, 2.75) is 50.9 Å². The number of rotatable bonds is 18. The quantitative estimate of drug-likeness (QED) is 0.0501. The van der Waals surface area contributed by atoms with Crippen molar-refractivity contribution in [3.05, 3.63) is 104 Å². The van der Waals surface area contributed by atoms with E-state index in [4.69, 9.17) is 31.9 Å². The summed E-state index contributed by atoms with van der Waals surface area (Å²) in [5.74, 6) is -6.31. The number of nitrogens with zero attached hydrogens (tertiary/aromatic N) is 6. The SMILES string of the molecule is Nc1nc2ncc(CNc3ccc(C(=O)N[C@@H](CCC(=O)O)C(=O)O)cc3)nc2c(=O)[nH]1.Nc1nc2ncc(CNc3ccc(C(=O)N[C@@H](CCC(=O)O)C(=O)O)cc3)nc2c(=O)[nH]1.[Ni]. The standard InChI is InChI=1S/2C19H19N7O6.Ni/c2*20-19-25-15-14(17(30)26-19)23-11(8-22-15)7-21-10-3-1-9(2-4-10)16(29)24-12(18(31)32)5-6-13(27)28;/h2*1-4,8,12,21H,5-7H2,(H,24,29)(H,27,28)(H,31,32)(H3,20,22,25,26,30);/t2*12-;/m00./s1. The summed E-state index contributed by atoms with van der Waals surface area (Å²) in [7, 11) is 0. The molecule has 0 saturated heterocycles. The molecule has 342 valence electrons. The van der Waals surface area contributed by atoms with Crippen LogP contribution in [0.1, 0.15) is 57.8 Å². The van der Waals surface area contributed by atoms with E-state index in [1.807, 2.05) is 0 Å². The number of nitrogen functional groups attached to an aromatic ring is 2. The number of aromatic amines is 2. The van der Waals surface area contributed by atoms with Gasteiger partial charge in [0.2, 0.25) is 11.9 Å². The number of benzene rings is 2. The summed E-state index contributed by atoms with van der Waals surface area (Å²) in [6.45, 7) is 0.461. The number of nitrogens with one attached hydrogen (secondary N) is 6. The van der Waals surface area contributed by atoms with Gasteiger partial charge in [0, 0.05) is 51.8 Å². The number of amides is 2. The molecule has 0 aliphatic heterocycles. The van der Waals surface area contributed by atoms with Gasteiger partial charge in [0.05, 0.1) is 36.9 Å². The van der Waals surface area contributed by atoms with Crippen LogP contribution in [-0.2, 0) is 48.8 Å². The summed E-state index contributed by atoms with van der Waals surface area (Å²) in [6.07, 6.45) is 1.68. The van der Waals surface area contributed by atoms with Crippen molar-refractivity contribution in [3.8, 4) is 0 Å². The second kappa shape index (κ2) is 22.5. The molecule has 0 fully saturated rings. The maximum Gasteiger partial charge on any atom is 0.326 e. The fraction of sp³-hybridized carbons (Fsp3) is 0.211. The van der Waals surface area contributed by atoms with Crippen molar-refractivity contribution in [2.24, 2.45) is 0 Å². The maximum atomic E-state index is 12.3. The van der Waals surface area contributed by atoms with Gasteiger partial charge in [0.1, 0.15) is 12.1 Å². The normalized spacial score (nSPS) is 11.4. The van der Waals surface area contributed by atoms with Crippen molar-refractivity contribution in [2.75, 3.05) is 22.1 Å². The van der Waals surface area contributed by atoms with Crippen molar-refractivity contribution < 1.29 is 65.7 Å². The van der Waals surface area contributed by atoms with Gasteiger partial charge in [-0.25, -0.2) is 29.5 Å². The van der Waals surface area contributed by atoms with Gasteiger partial charge in [-0.2, -0.15) is 9.97 Å². The van der Waals surface area contributed by atoms with E-state index in [-0.39, 0.29) is 101 Å². The van der Waals surface area contributed by atoms with Crippen LogP contribution < -0.4 is 43.9 Å². The Kier molecular flexibility index (Phi) is 17.0. The number of aromatic nitrogens is 8. The number of hydrogen-bond acceptors (Lipinski definition) is 18. The molecule has 0 unspecified atom stereocenters. The fourth-order valence-corrected chi connectivity index (χ4v) is 5.51. The molecule has 6 rings (SSSR count). The van der Waals surface area contributed by atoms with Crippen LogP contribution in [0, 0.1) is 0 Å². The Hall–Kier alpha value is -8.61. The van der Waals surface area contributed by atoms with Gasteiger partial charge in [-0.05, 0) is 61.4 Å². The molecule has 0 aliphatic rings. The predicted octanol–water partition coefficient (Wildman–Crippen LogP) is -0.0921. The van der Waals surface area contributed by atoms with Gasteiger partial charge < -0.3 is 53.2 Å². The maximum absolute atomic E-state index is 12.3. The van der Waals surface area contributed by atoms with Gasteiger partial charge in [0.25, 0.3) is 22.9 Å². The largest absolute Gasteiger partial charge is 0.481 e. The molecule has 65 heavy (non-hydrogen) atoms. The van der Waals surface area contributed by atoms with E-state index < -0.39 is 58.9 Å². The predicted molar refractivity (Wildman–Crippen MR) is 224 cm³/mol. The van der Waals surface area contributed by atoms with Gasteiger partial charge in [0.15, 0.2) is 22.3 Å². The number of carboxylic acids is 4. The summed E-state index contributed by atoms with van der Waals surface area (Å²) < 4.78 is 0. The van der Waals surface area contributed by atoms with Crippen LogP contribution in [0.2, 0.25) is 0 Å². The van der Waals surface area contributed by atoms with E-state index >= 15 is 0 Å². The minimum atomic E-state index is -1.31. The van der Waals surface area contributed by atoms with Crippen LogP contribution in [-0.4, -0.2) is 108 Å². The molecule has 26 nitrogen and oxygen atoms in total. The first-order valence-corrected chi connectivity index (χ1v) is 18.7. The van der Waals surface area contributed by atoms with Crippen LogP contribution >= 0.6 is 0 Å². The van der Waals surface area contributed by atoms with E-state index in [2.05, 4.69) is 61.1 Å². The molecule has 14 N–H and O–H groups in total. The number of carboxylic acid groups (broad SMARTS) is 4. The molecule has 0 aliphatic carbocycles. The fourth-order valence-electron chi connectivity index (χ4n) is 5.51. The van der Waals surface area contributed by atoms with Gasteiger partial charge in [-0.15, -0.1) is 0 Å². The summed E-state index contributed by atoms with van der Waals surface area (Å²) >= 11 is 0. The molecule has 4 heterocycles. The zero-order valence-corrected chi connectivity index (χ0v) is 34.4. The molecule has 2 amide bonds. The van der Waals surface area contributed by atoms with Crippen LogP contribution in [0.25, 0.3) is 22.3 Å². The zero-order chi connectivity index (χ0) is 46.5. The van der Waals surface area contributed by atoms with Gasteiger partial charge >= 0.3 is 23.9 Å². The molecule has 2 atom stereocenters. The molecule has 2 aromatic carbocycles. The van der Waals surface area contributed by atoms with E-state index in [1.165, 1.54) is 36.7 Å². The molecule has 6 aromatic rings. The Morgan fingerprint density at radius 1 is 0.569 bits per heavy atom. The van der Waals surface area contributed by atoms with E-state index in [0.29, 0.717) is 22.8 Å². The van der Waals surface area contributed by atoms with E-state index in [9.17, 15) is 38.4 Å². The summed E-state index contributed by atoms with van der Waals surface area (Å²) in [4.78, 5) is 121. The molecule has 0 saturated carbocycles. The minimum Gasteiger partial charge on any atom is -0.481 e. The first kappa shape index (κ1) is 49.1. The Bertz CT molecular complexity index is 2650. The number of fused-ring (bicyclic) bond motifs is 2. The van der Waals surface area contributed by atoms with Crippen LogP contribution in [0.4, 0.5) is 23.3 Å². The third-order valence-corrected chi connectivity index (χ3v) is 8.71. The molecular formula is C38H38N14NiO12. The minimum absolute atomic E-state index is 0. The van der Waals surface area contributed by atoms with Crippen LogP contribution in [0.5, 0.6) is 0 Å². The molecule has 4 aromatic heterocycles. The van der Waals surface area contributed by atoms with Crippen molar-refractivity contribution in [1.29, 1.82) is 0 Å². The van der Waals surface area contributed by atoms with E-state index in [0.717, 1.165) is 0 Å². The Labute approximate surface area is 373 Å². The Morgan fingerprint density at radius 3 is 1.25 bits per heavy atom. The first-order chi connectivity index (χ1) is 30.4. The van der Waals surface area contributed by atoms with Crippen molar-refractivity contribution in [3.63, 3.8) is 0 Å².